The number of aromatic nitrogens is 1. The summed E-state index contributed by atoms with van der Waals surface area (Å²) in [7, 11) is 0. The number of rotatable bonds is 6. The summed E-state index contributed by atoms with van der Waals surface area (Å²) >= 11 is 0. The molecule has 0 amide bonds. The Balaban J connectivity index is 1.83. The smallest absolute Gasteiger partial charge is 0.422 e. The molecule has 3 rings (SSSR count). The summed E-state index contributed by atoms with van der Waals surface area (Å²) in [6, 6.07) is 16.9. The largest absolute Gasteiger partial charge is 0.477 e. The molecular formula is C20H16F3NO3. The number of ether oxygens (including phenoxy) is 1. The van der Waals surface area contributed by atoms with E-state index in [-0.39, 0.29) is 0 Å². The van der Waals surface area contributed by atoms with Gasteiger partial charge in [0.1, 0.15) is 0 Å². The van der Waals surface area contributed by atoms with E-state index in [0.717, 1.165) is 28.2 Å². The Morgan fingerprint density at radius 1 is 1.11 bits per heavy atom. The van der Waals surface area contributed by atoms with Crippen LogP contribution in [0.15, 0.2) is 60.4 Å². The molecule has 0 aliphatic rings. The van der Waals surface area contributed by atoms with Crippen molar-refractivity contribution in [3.05, 3.63) is 77.2 Å². The maximum atomic E-state index is 12.3. The third-order valence-corrected chi connectivity index (χ3v) is 3.84. The lowest BCUT2D eigenvalue weighted by atomic mass is 10.1. The summed E-state index contributed by atoms with van der Waals surface area (Å²) in [6.45, 7) is -1.65. The molecule has 0 saturated heterocycles. The fourth-order valence-corrected chi connectivity index (χ4v) is 2.69. The predicted octanol–water partition coefficient (Wildman–Crippen LogP) is 4.76. The first-order valence-electron chi connectivity index (χ1n) is 8.10. The second kappa shape index (κ2) is 7.57. The van der Waals surface area contributed by atoms with Crippen molar-refractivity contribution in [3.63, 3.8) is 0 Å². The summed E-state index contributed by atoms with van der Waals surface area (Å²) in [5.41, 5.74) is 3.40. The molecule has 3 aromatic rings. The number of nitrogens with one attached hydrogen (secondary N) is 1. The molecule has 1 aromatic heterocycles. The zero-order chi connectivity index (χ0) is 19.4. The van der Waals surface area contributed by atoms with Gasteiger partial charge in [-0.05, 0) is 35.4 Å². The van der Waals surface area contributed by atoms with Crippen LogP contribution < -0.4 is 0 Å². The van der Waals surface area contributed by atoms with Gasteiger partial charge in [-0.3, -0.25) is 0 Å². The average Bonchev–Trinajstić information content (AvgIpc) is 2.99. The van der Waals surface area contributed by atoms with Crippen molar-refractivity contribution in [2.24, 2.45) is 0 Å². The van der Waals surface area contributed by atoms with Gasteiger partial charge in [0.05, 0.1) is 0 Å². The summed E-state index contributed by atoms with van der Waals surface area (Å²) in [5, 5.41) is 9.88. The van der Waals surface area contributed by atoms with E-state index in [9.17, 15) is 18.0 Å². The Bertz CT molecular complexity index is 975. The van der Waals surface area contributed by atoms with Gasteiger partial charge in [-0.1, -0.05) is 36.4 Å². The van der Waals surface area contributed by atoms with Crippen LogP contribution in [0.1, 0.15) is 16.8 Å². The third kappa shape index (κ3) is 5.13. The van der Waals surface area contributed by atoms with E-state index >= 15 is 0 Å². The van der Waals surface area contributed by atoms with Crippen LogP contribution >= 0.6 is 0 Å². The van der Waals surface area contributed by atoms with Gasteiger partial charge in [-0.15, -0.1) is 0 Å². The monoisotopic (exact) mass is 375 g/mol. The Hall–Kier alpha value is -3.22. The molecular weight excluding hydrogens is 359 g/mol. The fraction of sp³-hybridized carbons (Fsp3) is 0.150. The van der Waals surface area contributed by atoms with E-state index in [1.54, 1.807) is 18.2 Å². The van der Waals surface area contributed by atoms with E-state index < -0.39 is 24.5 Å². The molecule has 0 fully saturated rings. The molecule has 0 saturated carbocycles. The second-order valence-electron chi connectivity index (χ2n) is 6.02. The number of fused-ring (bicyclic) bond motifs is 1. The molecule has 4 nitrogen and oxygen atoms in total. The van der Waals surface area contributed by atoms with Crippen LogP contribution in [0.25, 0.3) is 17.0 Å². The third-order valence-electron chi connectivity index (χ3n) is 3.84. The molecule has 7 heteroatoms. The van der Waals surface area contributed by atoms with Gasteiger partial charge in [0.2, 0.25) is 5.76 Å². The number of halogens is 3. The first kappa shape index (κ1) is 18.6. The molecule has 140 valence electrons. The minimum atomic E-state index is -4.61. The van der Waals surface area contributed by atoms with Gasteiger partial charge in [0, 0.05) is 23.0 Å². The summed E-state index contributed by atoms with van der Waals surface area (Å²) < 4.78 is 41.2. The number of hydrogen-bond donors (Lipinski definition) is 2. The fourth-order valence-electron chi connectivity index (χ4n) is 2.69. The lowest BCUT2D eigenvalue weighted by Crippen LogP contribution is -2.19. The Labute approximate surface area is 152 Å². The minimum absolute atomic E-state index is 0.437. The van der Waals surface area contributed by atoms with Crippen LogP contribution in [-0.4, -0.2) is 28.8 Å². The topological polar surface area (TPSA) is 62.3 Å². The normalized spacial score (nSPS) is 12.3. The maximum absolute atomic E-state index is 12.3. The number of carbonyl (C=O) groups is 1. The first-order valence-corrected chi connectivity index (χ1v) is 8.10. The van der Waals surface area contributed by atoms with Crippen molar-refractivity contribution in [2.75, 3.05) is 6.61 Å². The SMILES string of the molecule is O=C(O)C(=Cc1ccc2[nH]c(Cc3ccccc3)cc2c1)OCC(F)(F)F. The van der Waals surface area contributed by atoms with Crippen molar-refractivity contribution >= 4 is 22.9 Å². The first-order chi connectivity index (χ1) is 12.8. The van der Waals surface area contributed by atoms with Crippen molar-refractivity contribution in [1.29, 1.82) is 0 Å². The number of aliphatic carboxylic acids is 1. The van der Waals surface area contributed by atoms with Gasteiger partial charge >= 0.3 is 12.1 Å². The van der Waals surface area contributed by atoms with Gasteiger partial charge in [-0.2, -0.15) is 13.2 Å². The summed E-state index contributed by atoms with van der Waals surface area (Å²) in [4.78, 5) is 14.4. The molecule has 0 bridgehead atoms. The molecule has 2 aromatic carbocycles. The lowest BCUT2D eigenvalue weighted by Gasteiger charge is -2.09. The van der Waals surface area contributed by atoms with Gasteiger partial charge in [0.15, 0.2) is 6.61 Å². The number of carboxylic acid groups (broad SMARTS) is 1. The number of H-pyrrole nitrogens is 1. The Morgan fingerprint density at radius 2 is 1.85 bits per heavy atom. The number of hydrogen-bond acceptors (Lipinski definition) is 2. The van der Waals surface area contributed by atoms with Crippen LogP contribution in [-0.2, 0) is 16.0 Å². The second-order valence-corrected chi connectivity index (χ2v) is 6.02. The highest BCUT2D eigenvalue weighted by atomic mass is 19.4. The van der Waals surface area contributed by atoms with E-state index in [2.05, 4.69) is 9.72 Å². The van der Waals surface area contributed by atoms with Crippen molar-refractivity contribution in [2.45, 2.75) is 12.6 Å². The highest BCUT2D eigenvalue weighted by molar-refractivity contribution is 5.91. The molecule has 0 spiro atoms. The summed E-state index contributed by atoms with van der Waals surface area (Å²) in [5.74, 6) is -2.31. The van der Waals surface area contributed by atoms with E-state index in [1.165, 1.54) is 0 Å². The quantitative estimate of drug-likeness (QED) is 0.482. The molecule has 1 heterocycles. The van der Waals surface area contributed by atoms with Crippen LogP contribution in [0.5, 0.6) is 0 Å². The zero-order valence-electron chi connectivity index (χ0n) is 14.1. The Kier molecular flexibility index (Phi) is 5.21. The molecule has 27 heavy (non-hydrogen) atoms. The van der Waals surface area contributed by atoms with Crippen molar-refractivity contribution < 1.29 is 27.8 Å². The molecule has 2 N–H and O–H groups in total. The van der Waals surface area contributed by atoms with Crippen LogP contribution in [0.4, 0.5) is 13.2 Å². The minimum Gasteiger partial charge on any atom is -0.477 e. The predicted molar refractivity (Wildman–Crippen MR) is 95.2 cm³/mol. The maximum Gasteiger partial charge on any atom is 0.422 e. The highest BCUT2D eigenvalue weighted by Gasteiger charge is 2.29. The molecule has 0 atom stereocenters. The van der Waals surface area contributed by atoms with E-state index in [1.807, 2.05) is 36.4 Å². The van der Waals surface area contributed by atoms with Gasteiger partial charge in [0.25, 0.3) is 0 Å². The van der Waals surface area contributed by atoms with Crippen LogP contribution in [0.3, 0.4) is 0 Å². The van der Waals surface area contributed by atoms with Crippen LogP contribution in [0, 0.1) is 0 Å². The molecule has 0 radical (unpaired) electrons. The highest BCUT2D eigenvalue weighted by Crippen LogP contribution is 2.22. The Morgan fingerprint density at radius 3 is 2.52 bits per heavy atom. The molecule has 0 aliphatic heterocycles. The summed E-state index contributed by atoms with van der Waals surface area (Å²) in [6.07, 6.45) is -2.82. The number of alkyl halides is 3. The number of benzene rings is 2. The van der Waals surface area contributed by atoms with E-state index in [0.29, 0.717) is 12.0 Å². The van der Waals surface area contributed by atoms with Gasteiger partial charge < -0.3 is 14.8 Å². The number of carboxylic acids is 1. The average molecular weight is 375 g/mol. The lowest BCUT2D eigenvalue weighted by molar-refractivity contribution is -0.169. The van der Waals surface area contributed by atoms with Crippen LogP contribution in [0.2, 0.25) is 0 Å². The number of aromatic amines is 1. The standard InChI is InChI=1S/C20H16F3NO3/c21-20(22,23)12-27-18(19(25)26)10-14-6-7-17-15(8-14)11-16(24-17)9-13-4-2-1-3-5-13/h1-8,10-11,24H,9,12H2,(H,25,26). The van der Waals surface area contributed by atoms with Crippen molar-refractivity contribution in [1.82, 2.24) is 4.98 Å². The van der Waals surface area contributed by atoms with E-state index in [4.69, 9.17) is 5.11 Å². The molecule has 0 unspecified atom stereocenters. The molecule has 0 aliphatic carbocycles. The zero-order valence-corrected chi connectivity index (χ0v) is 14.1. The van der Waals surface area contributed by atoms with Gasteiger partial charge in [-0.25, -0.2) is 4.79 Å². The van der Waals surface area contributed by atoms with Crippen molar-refractivity contribution in [3.8, 4) is 0 Å².